The molecule has 2 N–H and O–H groups in total. The zero-order valence-corrected chi connectivity index (χ0v) is 22.7. The van der Waals surface area contributed by atoms with E-state index in [-0.39, 0.29) is 15.4 Å². The molecule has 0 aliphatic rings. The summed E-state index contributed by atoms with van der Waals surface area (Å²) in [5.41, 5.74) is 1.41. The van der Waals surface area contributed by atoms with Crippen LogP contribution in [0.25, 0.3) is 0 Å². The SMILES string of the molecule is COc1cc(OC)c(C(=O)[CH]([Tl])C(OC)c2ccccc2)c(OC)c1.O=[N+]([O-])O.O=[N+]([O-])O. The summed E-state index contributed by atoms with van der Waals surface area (Å²) in [6.45, 7) is 0. The van der Waals surface area contributed by atoms with E-state index in [1.54, 1.807) is 26.4 Å². The summed E-state index contributed by atoms with van der Waals surface area (Å²) in [7, 11) is 6.24. The summed E-state index contributed by atoms with van der Waals surface area (Å²) in [5.74, 6) is 1.41. The van der Waals surface area contributed by atoms with E-state index in [0.29, 0.717) is 48.6 Å². The number of carbonyl (C=O) groups excluding carboxylic acids is 1. The van der Waals surface area contributed by atoms with Gasteiger partial charge in [0.15, 0.2) is 0 Å². The second kappa shape index (κ2) is 15.6. The van der Waals surface area contributed by atoms with Gasteiger partial charge in [0.1, 0.15) is 0 Å². The van der Waals surface area contributed by atoms with Crippen LogP contribution in [0.5, 0.6) is 17.2 Å². The maximum absolute atomic E-state index is 13.2. The molecule has 0 aromatic heterocycles. The average Bonchev–Trinajstić information content (AvgIpc) is 2.77. The zero-order valence-electron chi connectivity index (χ0n) is 18.2. The van der Waals surface area contributed by atoms with Crippen LogP contribution >= 0.6 is 0 Å². The van der Waals surface area contributed by atoms with Crippen LogP contribution in [0.15, 0.2) is 42.5 Å². The molecule has 0 spiro atoms. The van der Waals surface area contributed by atoms with Gasteiger partial charge in [-0.1, -0.05) is 0 Å². The quantitative estimate of drug-likeness (QED) is 0.184. The predicted octanol–water partition coefficient (Wildman–Crippen LogP) is 2.54. The van der Waals surface area contributed by atoms with Crippen LogP contribution < -0.4 is 14.2 Å². The van der Waals surface area contributed by atoms with Gasteiger partial charge in [-0.15, -0.1) is 20.2 Å². The molecule has 14 heteroatoms. The second-order valence-corrected chi connectivity index (χ2v) is 8.63. The summed E-state index contributed by atoms with van der Waals surface area (Å²) in [6.07, 6.45) is -0.296. The number of hydrogen-bond acceptors (Lipinski definition) is 9. The van der Waals surface area contributed by atoms with Crippen molar-refractivity contribution in [3.63, 3.8) is 0 Å². The van der Waals surface area contributed by atoms with E-state index in [1.807, 2.05) is 30.3 Å². The summed E-state index contributed by atoms with van der Waals surface area (Å²) in [5, 5.41) is 27.3. The first-order chi connectivity index (χ1) is 15.5. The molecule has 0 saturated heterocycles. The second-order valence-electron chi connectivity index (χ2n) is 5.84. The molecule has 2 unspecified atom stereocenters. The number of ketones is 1. The van der Waals surface area contributed by atoms with Crippen LogP contribution in [0.2, 0.25) is 3.48 Å². The fraction of sp³-hybridized carbons (Fsp3) is 0.316. The van der Waals surface area contributed by atoms with Crippen molar-refractivity contribution in [2.75, 3.05) is 28.4 Å². The third kappa shape index (κ3) is 10.3. The first-order valence-electron chi connectivity index (χ1n) is 8.87. The molecule has 2 atom stereocenters. The number of Topliss-reactive ketones (excluding diaryl/α,β-unsaturated/α-hetero) is 1. The number of rotatable bonds is 8. The molecule has 0 radical (unpaired) electrons. The molecule has 2 aromatic carbocycles. The van der Waals surface area contributed by atoms with Gasteiger partial charge in [-0.2, -0.15) is 0 Å². The van der Waals surface area contributed by atoms with Crippen LogP contribution in [0.4, 0.5) is 0 Å². The zero-order chi connectivity index (χ0) is 25.6. The Bertz CT molecular complexity index is 867. The molecule has 2 rings (SSSR count). The van der Waals surface area contributed by atoms with Crippen LogP contribution in [-0.4, -0.2) is 80.6 Å². The van der Waals surface area contributed by atoms with Crippen molar-refractivity contribution in [1.29, 1.82) is 0 Å². The first kappa shape index (κ1) is 29.8. The molecule has 2 aromatic rings. The minimum absolute atomic E-state index is 0.0444. The van der Waals surface area contributed by atoms with Crippen LogP contribution in [-0.2, 0) is 4.74 Å². The van der Waals surface area contributed by atoms with Gasteiger partial charge < -0.3 is 10.4 Å². The number of hydrogen-bond donors (Lipinski definition) is 2. The maximum atomic E-state index is 13.2. The Labute approximate surface area is 204 Å². The Kier molecular flexibility index (Phi) is 14.1. The van der Waals surface area contributed by atoms with Crippen molar-refractivity contribution in [3.8, 4) is 17.2 Å². The van der Waals surface area contributed by atoms with Gasteiger partial charge in [0.25, 0.3) is 10.2 Å². The van der Waals surface area contributed by atoms with Crippen molar-refractivity contribution < 1.29 is 44.3 Å². The predicted molar refractivity (Wildman–Crippen MR) is 114 cm³/mol. The Hall–Kier alpha value is -3.21. The molecule has 0 aliphatic heterocycles. The van der Waals surface area contributed by atoms with Gasteiger partial charge in [-0.05, 0) is 0 Å². The van der Waals surface area contributed by atoms with Crippen molar-refractivity contribution >= 4 is 31.6 Å². The molecule has 0 bridgehead atoms. The van der Waals surface area contributed by atoms with Gasteiger partial charge in [0, 0.05) is 0 Å². The smallest absolute Gasteiger partial charge is 0.291 e. The topological polar surface area (TPSA) is 181 Å². The molecule has 0 aliphatic carbocycles. The number of benzene rings is 2. The Morgan fingerprint density at radius 1 is 0.909 bits per heavy atom. The average molecular weight is 660 g/mol. The minimum Gasteiger partial charge on any atom is -0.328 e. The van der Waals surface area contributed by atoms with Crippen LogP contribution in [0, 0.1) is 20.2 Å². The van der Waals surface area contributed by atoms with Gasteiger partial charge in [0.05, 0.1) is 0 Å². The van der Waals surface area contributed by atoms with Crippen LogP contribution in [0.1, 0.15) is 22.0 Å². The first-order valence-corrected chi connectivity index (χ1v) is 11.5. The van der Waals surface area contributed by atoms with E-state index < -0.39 is 10.2 Å². The molecule has 178 valence electrons. The standard InChI is InChI=1S/C19H21O5.2HNO3.Tl/c1-21-14-10-17(23-3)19(18(11-14)24-4)15(20)12-16(22-2)13-8-6-5-7-9-13;2*2-1(3)4;/h5-12,16H,1-4H3;2*(H,2,3,4);. The van der Waals surface area contributed by atoms with Gasteiger partial charge >= 0.3 is 164 Å². The molecule has 0 fully saturated rings. The molecule has 33 heavy (non-hydrogen) atoms. The fourth-order valence-corrected chi connectivity index (χ4v) is 4.81. The van der Waals surface area contributed by atoms with E-state index >= 15 is 0 Å². The van der Waals surface area contributed by atoms with Gasteiger partial charge in [-0.25, -0.2) is 0 Å². The van der Waals surface area contributed by atoms with Gasteiger partial charge in [0.2, 0.25) is 0 Å². The van der Waals surface area contributed by atoms with Gasteiger partial charge in [-0.3, -0.25) is 0 Å². The third-order valence-electron chi connectivity index (χ3n) is 3.97. The van der Waals surface area contributed by atoms with Crippen molar-refractivity contribution in [3.05, 3.63) is 73.8 Å². The van der Waals surface area contributed by atoms with Crippen molar-refractivity contribution in [2.24, 2.45) is 0 Å². The van der Waals surface area contributed by atoms with Crippen LogP contribution in [0.3, 0.4) is 0 Å². The Morgan fingerprint density at radius 3 is 1.67 bits per heavy atom. The number of nitrogens with zero attached hydrogens (tertiary/aromatic N) is 2. The summed E-state index contributed by atoms with van der Waals surface area (Å²) in [4.78, 5) is 30.0. The summed E-state index contributed by atoms with van der Waals surface area (Å²) < 4.78 is 21.5. The molecular formula is C19H23N2O11Tl. The summed E-state index contributed by atoms with van der Waals surface area (Å²) in [6, 6.07) is 13.2. The monoisotopic (exact) mass is 660 g/mol. The maximum Gasteiger partial charge on any atom is 0.291 e. The Morgan fingerprint density at radius 2 is 1.33 bits per heavy atom. The summed E-state index contributed by atoms with van der Waals surface area (Å²) >= 11 is 0.374. The molecule has 0 saturated carbocycles. The van der Waals surface area contributed by atoms with Crippen molar-refractivity contribution in [1.82, 2.24) is 0 Å². The fourth-order valence-electron chi connectivity index (χ4n) is 2.69. The number of carbonyl (C=O) groups is 1. The largest absolute Gasteiger partial charge is 0.328 e. The number of methoxy groups -OCH3 is 4. The van der Waals surface area contributed by atoms with E-state index in [1.165, 1.54) is 14.2 Å². The molecule has 0 heterocycles. The van der Waals surface area contributed by atoms with E-state index in [4.69, 9.17) is 49.6 Å². The minimum atomic E-state index is -1.50. The third-order valence-corrected chi connectivity index (χ3v) is 6.51. The normalized spacial score (nSPS) is 11.2. The Balaban J connectivity index is 0.00000111. The molecular weight excluding hydrogens is 637 g/mol. The molecule has 0 amide bonds. The molecule has 13 nitrogen and oxygen atoms in total. The van der Waals surface area contributed by atoms with Crippen molar-refractivity contribution in [2.45, 2.75) is 9.58 Å². The van der Waals surface area contributed by atoms with E-state index in [2.05, 4.69) is 0 Å². The van der Waals surface area contributed by atoms with E-state index in [0.717, 1.165) is 5.56 Å². The number of ether oxygens (including phenoxy) is 4. The van der Waals surface area contributed by atoms with E-state index in [9.17, 15) is 4.79 Å².